The number of hydrogen-bond acceptors (Lipinski definition) is 5. The molecule has 158 valence electrons. The topological polar surface area (TPSA) is 84.7 Å². The van der Waals surface area contributed by atoms with Gasteiger partial charge in [-0.1, -0.05) is 23.7 Å². The average molecular weight is 448 g/mol. The highest BCUT2D eigenvalue weighted by Crippen LogP contribution is 2.38. The Kier molecular flexibility index (Phi) is 5.48. The molecule has 0 bridgehead atoms. The molecule has 2 atom stereocenters. The molecule has 7 nitrogen and oxygen atoms in total. The van der Waals surface area contributed by atoms with E-state index in [1.807, 2.05) is 17.7 Å². The predicted molar refractivity (Wildman–Crippen MR) is 116 cm³/mol. The number of sulfonamides is 1. The van der Waals surface area contributed by atoms with Crippen molar-refractivity contribution in [2.24, 2.45) is 0 Å². The van der Waals surface area contributed by atoms with E-state index in [1.165, 1.54) is 11.4 Å². The SMILES string of the molecule is COc1cc(N2CCC(C(O)c3cccc(Cl)c3)S2(=O)=O)ccc1-n1cnc(C)c1. The van der Waals surface area contributed by atoms with Gasteiger partial charge in [0.2, 0.25) is 10.0 Å². The number of methoxy groups -OCH3 is 1. The van der Waals surface area contributed by atoms with Crippen molar-refractivity contribution >= 4 is 27.3 Å². The van der Waals surface area contributed by atoms with Crippen LogP contribution in [0, 0.1) is 6.92 Å². The summed E-state index contributed by atoms with van der Waals surface area (Å²) in [5, 5.41) is 10.2. The molecule has 2 aromatic carbocycles. The van der Waals surface area contributed by atoms with Gasteiger partial charge in [-0.3, -0.25) is 4.31 Å². The number of ether oxygens (including phenoxy) is 1. The third-order valence-corrected chi connectivity index (χ3v) is 7.79. The van der Waals surface area contributed by atoms with Crippen LogP contribution in [-0.2, 0) is 10.0 Å². The van der Waals surface area contributed by atoms with E-state index < -0.39 is 21.4 Å². The lowest BCUT2D eigenvalue weighted by atomic mass is 10.0. The molecule has 0 spiro atoms. The summed E-state index contributed by atoms with van der Waals surface area (Å²) < 4.78 is 35.1. The molecular formula is C21H22ClN3O4S. The Bertz CT molecular complexity index is 1180. The monoisotopic (exact) mass is 447 g/mol. The molecule has 4 rings (SSSR count). The first kappa shape index (κ1) is 20.7. The molecule has 3 aromatic rings. The fourth-order valence-corrected chi connectivity index (χ4v) is 5.95. The maximum atomic E-state index is 13.2. The number of imidazole rings is 1. The third-order valence-electron chi connectivity index (χ3n) is 5.29. The highest BCUT2D eigenvalue weighted by atomic mass is 35.5. The zero-order valence-corrected chi connectivity index (χ0v) is 18.1. The highest BCUT2D eigenvalue weighted by Gasteiger charge is 2.43. The van der Waals surface area contributed by atoms with Crippen molar-refractivity contribution in [1.29, 1.82) is 0 Å². The molecule has 2 unspecified atom stereocenters. The van der Waals surface area contributed by atoms with Crippen molar-refractivity contribution in [3.05, 3.63) is 71.3 Å². The number of rotatable bonds is 5. The van der Waals surface area contributed by atoms with Crippen molar-refractivity contribution in [2.75, 3.05) is 18.0 Å². The highest BCUT2D eigenvalue weighted by molar-refractivity contribution is 7.93. The van der Waals surface area contributed by atoms with Crippen LogP contribution in [0.1, 0.15) is 23.8 Å². The van der Waals surface area contributed by atoms with Crippen LogP contribution in [0.2, 0.25) is 5.02 Å². The molecule has 0 aliphatic carbocycles. The fourth-order valence-electron chi connectivity index (χ4n) is 3.77. The zero-order valence-electron chi connectivity index (χ0n) is 16.6. The number of halogens is 1. The summed E-state index contributed by atoms with van der Waals surface area (Å²) in [5.41, 5.74) is 2.60. The summed E-state index contributed by atoms with van der Waals surface area (Å²) in [6.45, 7) is 2.16. The third kappa shape index (κ3) is 3.66. The molecule has 1 aliphatic rings. The Morgan fingerprint density at radius 2 is 2.07 bits per heavy atom. The second-order valence-corrected chi connectivity index (χ2v) is 9.74. The van der Waals surface area contributed by atoms with Crippen molar-refractivity contribution in [3.63, 3.8) is 0 Å². The van der Waals surface area contributed by atoms with Crippen LogP contribution in [0.5, 0.6) is 5.75 Å². The number of aromatic nitrogens is 2. The smallest absolute Gasteiger partial charge is 0.241 e. The van der Waals surface area contributed by atoms with Crippen molar-refractivity contribution in [1.82, 2.24) is 9.55 Å². The van der Waals surface area contributed by atoms with E-state index in [9.17, 15) is 13.5 Å². The van der Waals surface area contributed by atoms with Crippen molar-refractivity contribution < 1.29 is 18.3 Å². The molecule has 30 heavy (non-hydrogen) atoms. The van der Waals surface area contributed by atoms with Crippen LogP contribution in [0.4, 0.5) is 5.69 Å². The second kappa shape index (κ2) is 7.94. The maximum absolute atomic E-state index is 13.2. The standard InChI is InChI=1S/C21H22ClN3O4S/c1-14-12-24(13-23-14)18-7-6-17(11-19(18)29-2)25-9-8-20(30(25,27)28)21(26)15-4-3-5-16(22)10-15/h3-7,10-13,20-21,26H,8-9H2,1-2H3. The largest absolute Gasteiger partial charge is 0.494 e. The summed E-state index contributed by atoms with van der Waals surface area (Å²) in [6, 6.07) is 11.9. The van der Waals surface area contributed by atoms with E-state index in [0.29, 0.717) is 28.4 Å². The molecule has 0 amide bonds. The summed E-state index contributed by atoms with van der Waals surface area (Å²) in [6.07, 6.45) is 2.69. The number of aryl methyl sites for hydroxylation is 1. The van der Waals surface area contributed by atoms with Gasteiger partial charge in [0.05, 0.1) is 36.6 Å². The Labute approximate surface area is 180 Å². The molecule has 1 fully saturated rings. The number of aliphatic hydroxyl groups excluding tert-OH is 1. The Hall–Kier alpha value is -2.55. The minimum absolute atomic E-state index is 0.275. The summed E-state index contributed by atoms with van der Waals surface area (Å²) in [5.74, 6) is 0.527. The van der Waals surface area contributed by atoms with E-state index in [2.05, 4.69) is 4.98 Å². The van der Waals surface area contributed by atoms with Crippen LogP contribution in [-0.4, -0.2) is 42.0 Å². The van der Waals surface area contributed by atoms with E-state index in [-0.39, 0.29) is 6.54 Å². The number of anilines is 1. The number of nitrogens with zero attached hydrogens (tertiary/aromatic N) is 3. The van der Waals surface area contributed by atoms with Crippen LogP contribution in [0.25, 0.3) is 5.69 Å². The molecule has 9 heteroatoms. The van der Waals surface area contributed by atoms with Crippen LogP contribution in [0.3, 0.4) is 0 Å². The summed E-state index contributed by atoms with van der Waals surface area (Å²) in [7, 11) is -2.24. The molecular weight excluding hydrogens is 426 g/mol. The molecule has 1 aromatic heterocycles. The average Bonchev–Trinajstić information content (AvgIpc) is 3.29. The minimum Gasteiger partial charge on any atom is -0.494 e. The molecule has 1 aliphatic heterocycles. The van der Waals surface area contributed by atoms with Gasteiger partial charge in [-0.05, 0) is 43.2 Å². The Balaban J connectivity index is 1.65. The molecule has 0 radical (unpaired) electrons. The van der Waals surface area contributed by atoms with E-state index >= 15 is 0 Å². The Morgan fingerprint density at radius 1 is 1.27 bits per heavy atom. The van der Waals surface area contributed by atoms with Gasteiger partial charge in [-0.2, -0.15) is 0 Å². The second-order valence-electron chi connectivity index (χ2n) is 7.22. The zero-order chi connectivity index (χ0) is 21.5. The normalized spacial score (nSPS) is 19.1. The number of aliphatic hydroxyl groups is 1. The first-order chi connectivity index (χ1) is 14.3. The lowest BCUT2D eigenvalue weighted by molar-refractivity contribution is 0.171. The molecule has 1 N–H and O–H groups in total. The van der Waals surface area contributed by atoms with Crippen LogP contribution in [0.15, 0.2) is 55.0 Å². The quantitative estimate of drug-likeness (QED) is 0.647. The lowest BCUT2D eigenvalue weighted by Crippen LogP contribution is -2.32. The number of benzene rings is 2. The fraction of sp³-hybridized carbons (Fsp3) is 0.286. The van der Waals surface area contributed by atoms with Crippen LogP contribution < -0.4 is 9.04 Å². The van der Waals surface area contributed by atoms with Gasteiger partial charge in [0.1, 0.15) is 11.0 Å². The van der Waals surface area contributed by atoms with Gasteiger partial charge in [-0.25, -0.2) is 13.4 Å². The lowest BCUT2D eigenvalue weighted by Gasteiger charge is -2.23. The van der Waals surface area contributed by atoms with E-state index in [4.69, 9.17) is 16.3 Å². The van der Waals surface area contributed by atoms with E-state index in [1.54, 1.807) is 48.8 Å². The molecule has 1 saturated heterocycles. The van der Waals surface area contributed by atoms with E-state index in [0.717, 1.165) is 11.4 Å². The van der Waals surface area contributed by atoms with Crippen molar-refractivity contribution in [2.45, 2.75) is 24.7 Å². The van der Waals surface area contributed by atoms with Gasteiger partial charge < -0.3 is 14.4 Å². The van der Waals surface area contributed by atoms with Crippen LogP contribution >= 0.6 is 11.6 Å². The van der Waals surface area contributed by atoms with Gasteiger partial charge >= 0.3 is 0 Å². The molecule has 0 saturated carbocycles. The summed E-state index contributed by atoms with van der Waals surface area (Å²) >= 11 is 6.00. The van der Waals surface area contributed by atoms with Gasteiger partial charge in [0.25, 0.3) is 0 Å². The van der Waals surface area contributed by atoms with Gasteiger partial charge in [0, 0.05) is 23.8 Å². The van der Waals surface area contributed by atoms with Crippen molar-refractivity contribution in [3.8, 4) is 11.4 Å². The first-order valence-electron chi connectivity index (χ1n) is 9.45. The molecule has 2 heterocycles. The number of hydrogen-bond donors (Lipinski definition) is 1. The van der Waals surface area contributed by atoms with Gasteiger partial charge in [-0.15, -0.1) is 0 Å². The Morgan fingerprint density at radius 3 is 2.73 bits per heavy atom. The maximum Gasteiger partial charge on any atom is 0.241 e. The van der Waals surface area contributed by atoms with Gasteiger partial charge in [0.15, 0.2) is 0 Å². The minimum atomic E-state index is -3.77. The first-order valence-corrected chi connectivity index (χ1v) is 11.3. The predicted octanol–water partition coefficient (Wildman–Crippen LogP) is 3.48. The summed E-state index contributed by atoms with van der Waals surface area (Å²) in [4.78, 5) is 4.22.